The molecule has 0 radical (unpaired) electrons. The van der Waals surface area contributed by atoms with Crippen LogP contribution in [-0.2, 0) is 9.53 Å². The van der Waals surface area contributed by atoms with E-state index >= 15 is 0 Å². The van der Waals surface area contributed by atoms with E-state index in [-0.39, 0.29) is 17.7 Å². The smallest absolute Gasteiger partial charge is 0.319 e. The van der Waals surface area contributed by atoms with Crippen molar-refractivity contribution in [2.75, 3.05) is 38.0 Å². The molecule has 0 aromatic carbocycles. The van der Waals surface area contributed by atoms with Crippen molar-refractivity contribution in [1.82, 2.24) is 15.1 Å². The first-order chi connectivity index (χ1) is 17.0. The predicted octanol–water partition coefficient (Wildman–Crippen LogP) is 3.81. The number of urea groups is 1. The molecule has 36 heavy (non-hydrogen) atoms. The van der Waals surface area contributed by atoms with Gasteiger partial charge in [-0.3, -0.25) is 24.6 Å². The fourth-order valence-electron chi connectivity index (χ4n) is 6.17. The van der Waals surface area contributed by atoms with Crippen LogP contribution in [0.1, 0.15) is 85.4 Å². The van der Waals surface area contributed by atoms with Gasteiger partial charge in [0, 0.05) is 38.6 Å². The van der Waals surface area contributed by atoms with E-state index in [0.29, 0.717) is 46.7 Å². The first-order valence-electron chi connectivity index (χ1n) is 12.9. The number of carbonyl (C=O) groups excluding carboxylic acids is 4. The van der Waals surface area contributed by atoms with Crippen LogP contribution in [0.25, 0.3) is 0 Å². The summed E-state index contributed by atoms with van der Waals surface area (Å²) in [4.78, 5) is 55.4. The molecule has 1 unspecified atom stereocenters. The highest BCUT2D eigenvalue weighted by Gasteiger charge is 2.54. The third kappa shape index (κ3) is 5.16. The second kappa shape index (κ2) is 10.1. The molecule has 3 aliphatic rings. The van der Waals surface area contributed by atoms with Gasteiger partial charge >= 0.3 is 12.0 Å². The van der Waals surface area contributed by atoms with Crippen molar-refractivity contribution in [1.29, 1.82) is 0 Å². The highest BCUT2D eigenvalue weighted by Crippen LogP contribution is 2.47. The van der Waals surface area contributed by atoms with E-state index in [0.717, 1.165) is 56.5 Å². The Balaban J connectivity index is 1.44. The third-order valence-electron chi connectivity index (χ3n) is 7.69. The van der Waals surface area contributed by atoms with Gasteiger partial charge in [-0.2, -0.15) is 0 Å². The number of carbonyl (C=O) groups is 4. The quantitative estimate of drug-likeness (QED) is 0.453. The topological polar surface area (TPSA) is 108 Å². The number of Topliss-reactive ketones (excluding diaryl/α,β-unsaturated/α-hetero) is 1. The van der Waals surface area contributed by atoms with Crippen LogP contribution in [0, 0.1) is 12.3 Å². The summed E-state index contributed by atoms with van der Waals surface area (Å²) in [5, 5.41) is 5.85. The van der Waals surface area contributed by atoms with Crippen molar-refractivity contribution in [2.24, 2.45) is 5.41 Å². The lowest BCUT2D eigenvalue weighted by Gasteiger charge is -2.44. The van der Waals surface area contributed by atoms with Gasteiger partial charge in [0.25, 0.3) is 5.91 Å². The lowest BCUT2D eigenvalue weighted by molar-refractivity contribution is -0.154. The van der Waals surface area contributed by atoms with Crippen LogP contribution in [0.5, 0.6) is 0 Å². The molecule has 3 fully saturated rings. The highest BCUT2D eigenvalue weighted by molar-refractivity contribution is 7.18. The minimum atomic E-state index is -0.411. The number of ketones is 1. The van der Waals surface area contributed by atoms with E-state index in [1.165, 1.54) is 6.92 Å². The van der Waals surface area contributed by atoms with Gasteiger partial charge in [0.2, 0.25) is 0 Å². The van der Waals surface area contributed by atoms with Crippen LogP contribution in [-0.4, -0.2) is 77.9 Å². The highest BCUT2D eigenvalue weighted by atomic mass is 32.1. The molecule has 198 valence electrons. The van der Waals surface area contributed by atoms with E-state index < -0.39 is 17.0 Å². The molecule has 0 aliphatic carbocycles. The molecule has 9 nitrogen and oxygen atoms in total. The third-order valence-corrected chi connectivity index (χ3v) is 8.99. The van der Waals surface area contributed by atoms with Gasteiger partial charge in [-0.15, -0.1) is 11.3 Å². The molecule has 10 heteroatoms. The van der Waals surface area contributed by atoms with Gasteiger partial charge in [-0.1, -0.05) is 0 Å². The lowest BCUT2D eigenvalue weighted by Crippen LogP contribution is -2.53. The van der Waals surface area contributed by atoms with Gasteiger partial charge < -0.3 is 15.0 Å². The van der Waals surface area contributed by atoms with Gasteiger partial charge in [-0.05, 0) is 72.4 Å². The fourth-order valence-corrected chi connectivity index (χ4v) is 7.26. The number of esters is 1. The van der Waals surface area contributed by atoms with Crippen LogP contribution in [0.3, 0.4) is 0 Å². The van der Waals surface area contributed by atoms with Gasteiger partial charge in [-0.25, -0.2) is 4.79 Å². The number of piperidine rings is 2. The van der Waals surface area contributed by atoms with Crippen LogP contribution >= 0.6 is 11.3 Å². The molecule has 0 saturated carbocycles. The first-order valence-corrected chi connectivity index (χ1v) is 13.7. The minimum absolute atomic E-state index is 0.0637. The summed E-state index contributed by atoms with van der Waals surface area (Å²) in [7, 11) is 0. The number of nitrogens with zero attached hydrogens (tertiary/aromatic N) is 2. The number of rotatable bonds is 5. The maximum Gasteiger partial charge on any atom is 0.319 e. The van der Waals surface area contributed by atoms with Gasteiger partial charge in [0.15, 0.2) is 5.78 Å². The van der Waals surface area contributed by atoms with Crippen molar-refractivity contribution < 1.29 is 23.9 Å². The second-order valence-electron chi connectivity index (χ2n) is 11.0. The summed E-state index contributed by atoms with van der Waals surface area (Å²) in [5.41, 5.74) is 0.201. The molecule has 1 atom stereocenters. The number of thiophene rings is 1. The monoisotopic (exact) mass is 518 g/mol. The summed E-state index contributed by atoms with van der Waals surface area (Å²) in [5.74, 6) is -0.342. The second-order valence-corrected chi connectivity index (χ2v) is 12.0. The molecule has 3 saturated heterocycles. The summed E-state index contributed by atoms with van der Waals surface area (Å²) in [6, 6.07) is -0.0822. The Morgan fingerprint density at radius 1 is 1.17 bits per heavy atom. The number of hydrogen-bond donors (Lipinski definition) is 2. The largest absolute Gasteiger partial charge is 0.459 e. The van der Waals surface area contributed by atoms with Crippen molar-refractivity contribution in [3.8, 4) is 0 Å². The zero-order valence-electron chi connectivity index (χ0n) is 22.0. The number of nitrogens with one attached hydrogen (secondary N) is 2. The van der Waals surface area contributed by atoms with Crippen molar-refractivity contribution in [3.63, 3.8) is 0 Å². The number of hydrogen-bond acceptors (Lipinski definition) is 7. The van der Waals surface area contributed by atoms with Crippen LogP contribution in [0.4, 0.5) is 9.80 Å². The normalized spacial score (nSPS) is 24.6. The van der Waals surface area contributed by atoms with E-state index in [9.17, 15) is 19.2 Å². The molecule has 2 N–H and O–H groups in total. The zero-order chi connectivity index (χ0) is 26.3. The molecule has 1 aromatic rings. The van der Waals surface area contributed by atoms with Crippen LogP contribution < -0.4 is 10.6 Å². The van der Waals surface area contributed by atoms with Gasteiger partial charge in [0.05, 0.1) is 15.9 Å². The average molecular weight is 519 g/mol. The Bertz CT molecular complexity index is 1060. The molecule has 3 amide bonds. The molecular weight excluding hydrogens is 480 g/mol. The van der Waals surface area contributed by atoms with E-state index in [2.05, 4.69) is 15.5 Å². The Kier molecular flexibility index (Phi) is 7.48. The predicted molar refractivity (Wildman–Crippen MR) is 139 cm³/mol. The van der Waals surface area contributed by atoms with E-state index in [1.807, 2.05) is 25.7 Å². The Labute approximate surface area is 216 Å². The number of cyclic esters (lactones) is 1. The Morgan fingerprint density at radius 2 is 1.86 bits per heavy atom. The Hall–Kier alpha value is -2.46. The molecule has 1 spiro atoms. The maximum absolute atomic E-state index is 13.6. The van der Waals surface area contributed by atoms with Crippen molar-refractivity contribution in [2.45, 2.75) is 78.4 Å². The van der Waals surface area contributed by atoms with Crippen molar-refractivity contribution in [3.05, 3.63) is 16.0 Å². The van der Waals surface area contributed by atoms with Crippen molar-refractivity contribution >= 4 is 40.0 Å². The zero-order valence-corrected chi connectivity index (χ0v) is 22.8. The van der Waals surface area contributed by atoms with Crippen LogP contribution in [0.15, 0.2) is 0 Å². The lowest BCUT2D eigenvalue weighted by atomic mass is 9.74. The summed E-state index contributed by atoms with van der Waals surface area (Å²) < 4.78 is 5.68. The molecular formula is C26H38N4O5S. The van der Waals surface area contributed by atoms with E-state index in [1.54, 1.807) is 6.92 Å². The summed E-state index contributed by atoms with van der Waals surface area (Å²) >= 11 is 1.15. The standard InChI is InChI=1S/C26H38N4O5S/c1-6-27-24(34)28-21-19(16(2)20(36-21)17(3)31)22(32)29-12-8-18(9-13-29)30-11-7-10-26(15-30)14-25(4,5)35-23(26)33/h18H,6-15H2,1-5H3,(H2,27,28,34). The molecule has 4 heterocycles. The molecule has 0 bridgehead atoms. The van der Waals surface area contributed by atoms with Gasteiger partial charge in [0.1, 0.15) is 10.6 Å². The summed E-state index contributed by atoms with van der Waals surface area (Å²) in [6.45, 7) is 12.4. The maximum atomic E-state index is 13.6. The minimum Gasteiger partial charge on any atom is -0.459 e. The van der Waals surface area contributed by atoms with E-state index in [4.69, 9.17) is 4.74 Å². The molecule has 3 aliphatic heterocycles. The molecule has 1 aromatic heterocycles. The average Bonchev–Trinajstić information content (AvgIpc) is 3.25. The first kappa shape index (κ1) is 26.6. The van der Waals surface area contributed by atoms with Crippen LogP contribution in [0.2, 0.25) is 0 Å². The summed E-state index contributed by atoms with van der Waals surface area (Å²) in [6.07, 6.45) is 4.25. The SMILES string of the molecule is CCNC(=O)Nc1sc(C(C)=O)c(C)c1C(=O)N1CCC(N2CCCC3(C2)CC(C)(C)OC3=O)CC1. The molecule has 4 rings (SSSR count). The number of ether oxygens (including phenoxy) is 1. The number of amides is 3. The fraction of sp³-hybridized carbons (Fsp3) is 0.692. The number of likely N-dealkylation sites (tertiary alicyclic amines) is 2. The number of anilines is 1. The Morgan fingerprint density at radius 3 is 2.44 bits per heavy atom.